The van der Waals surface area contributed by atoms with E-state index < -0.39 is 0 Å². The molecule has 3 unspecified atom stereocenters. The van der Waals surface area contributed by atoms with Crippen LogP contribution >= 0.6 is 0 Å². The van der Waals surface area contributed by atoms with Gasteiger partial charge in [-0.15, -0.1) is 0 Å². The summed E-state index contributed by atoms with van der Waals surface area (Å²) >= 11 is 0. The first-order valence-corrected chi connectivity index (χ1v) is 9.39. The monoisotopic (exact) mass is 320 g/mol. The lowest BCUT2D eigenvalue weighted by molar-refractivity contribution is 0.255. The summed E-state index contributed by atoms with van der Waals surface area (Å²) < 4.78 is 0. The highest BCUT2D eigenvalue weighted by atomic mass is 15.2. The number of nitrogens with zero attached hydrogens (tertiary/aromatic N) is 1. The molecule has 1 aliphatic carbocycles. The van der Waals surface area contributed by atoms with Gasteiger partial charge in [0.1, 0.15) is 0 Å². The second-order valence-electron chi connectivity index (χ2n) is 7.57. The van der Waals surface area contributed by atoms with Gasteiger partial charge in [-0.2, -0.15) is 0 Å². The minimum atomic E-state index is 0.638. The number of aryl methyl sites for hydroxylation is 1. The third kappa shape index (κ3) is 3.55. The third-order valence-electron chi connectivity index (χ3n) is 5.75. The molecule has 2 aliphatic rings. The van der Waals surface area contributed by atoms with Crippen LogP contribution in [-0.2, 0) is 19.4 Å². The van der Waals surface area contributed by atoms with Crippen molar-refractivity contribution in [1.29, 1.82) is 0 Å². The van der Waals surface area contributed by atoms with Crippen molar-refractivity contribution in [1.82, 2.24) is 10.2 Å². The average molecular weight is 320 g/mol. The normalized spacial score (nSPS) is 27.1. The molecule has 2 aromatic carbocycles. The van der Waals surface area contributed by atoms with E-state index in [0.717, 1.165) is 6.54 Å². The Morgan fingerprint density at radius 3 is 2.54 bits per heavy atom. The number of hydrogen-bond acceptors (Lipinski definition) is 2. The lowest BCUT2D eigenvalue weighted by Gasteiger charge is -2.28. The van der Waals surface area contributed by atoms with Crippen LogP contribution in [0.5, 0.6) is 0 Å². The molecular formula is C22H28N2. The van der Waals surface area contributed by atoms with Crippen molar-refractivity contribution in [3.63, 3.8) is 0 Å². The summed E-state index contributed by atoms with van der Waals surface area (Å²) in [6.07, 6.45) is 4.97. The summed E-state index contributed by atoms with van der Waals surface area (Å²) in [5, 5.41) is 3.96. The molecule has 0 saturated carbocycles. The Labute approximate surface area is 145 Å². The Kier molecular flexibility index (Phi) is 4.68. The first-order valence-electron chi connectivity index (χ1n) is 9.39. The summed E-state index contributed by atoms with van der Waals surface area (Å²) in [5.41, 5.74) is 4.53. The van der Waals surface area contributed by atoms with Gasteiger partial charge in [0, 0.05) is 31.2 Å². The Bertz CT molecular complexity index is 667. The molecule has 2 aromatic rings. The number of likely N-dealkylation sites (tertiary alicyclic amines) is 1. The van der Waals surface area contributed by atoms with E-state index in [2.05, 4.69) is 71.7 Å². The van der Waals surface area contributed by atoms with Crippen molar-refractivity contribution in [3.05, 3.63) is 71.3 Å². The summed E-state index contributed by atoms with van der Waals surface area (Å²) in [7, 11) is 0. The van der Waals surface area contributed by atoms with Crippen LogP contribution in [0.3, 0.4) is 0 Å². The van der Waals surface area contributed by atoms with Crippen LogP contribution in [0, 0.1) is 0 Å². The number of benzene rings is 2. The fourth-order valence-corrected chi connectivity index (χ4v) is 4.43. The van der Waals surface area contributed by atoms with Gasteiger partial charge in [0.25, 0.3) is 0 Å². The second kappa shape index (κ2) is 7.08. The van der Waals surface area contributed by atoms with Gasteiger partial charge in [-0.1, -0.05) is 54.6 Å². The maximum absolute atomic E-state index is 3.96. The Morgan fingerprint density at radius 2 is 1.71 bits per heavy atom. The van der Waals surface area contributed by atoms with E-state index in [0.29, 0.717) is 18.1 Å². The Hall–Kier alpha value is -1.64. The van der Waals surface area contributed by atoms with Crippen molar-refractivity contribution in [2.24, 2.45) is 0 Å². The molecule has 0 aromatic heterocycles. The Morgan fingerprint density at radius 1 is 0.958 bits per heavy atom. The van der Waals surface area contributed by atoms with Crippen LogP contribution in [0.2, 0.25) is 0 Å². The predicted octanol–water partition coefficient (Wildman–Crippen LogP) is 3.80. The third-order valence-corrected chi connectivity index (χ3v) is 5.75. The van der Waals surface area contributed by atoms with Gasteiger partial charge in [0.15, 0.2) is 0 Å². The molecule has 2 heteroatoms. The minimum absolute atomic E-state index is 0.638. The summed E-state index contributed by atoms with van der Waals surface area (Å²) in [6, 6.07) is 21.8. The molecule has 24 heavy (non-hydrogen) atoms. The minimum Gasteiger partial charge on any atom is -0.310 e. The first-order chi connectivity index (χ1) is 11.8. The lowest BCUT2D eigenvalue weighted by atomic mass is 9.88. The van der Waals surface area contributed by atoms with E-state index in [1.807, 2.05) is 0 Å². The molecule has 4 rings (SSSR count). The fraction of sp³-hybridized carbons (Fsp3) is 0.455. The van der Waals surface area contributed by atoms with Crippen LogP contribution in [0.4, 0.5) is 0 Å². The van der Waals surface area contributed by atoms with Crippen LogP contribution in [0.15, 0.2) is 54.6 Å². The topological polar surface area (TPSA) is 15.3 Å². The van der Waals surface area contributed by atoms with Crippen molar-refractivity contribution in [2.45, 2.75) is 57.3 Å². The maximum atomic E-state index is 3.96. The van der Waals surface area contributed by atoms with Crippen LogP contribution in [0.1, 0.15) is 36.5 Å². The predicted molar refractivity (Wildman–Crippen MR) is 100 cm³/mol. The van der Waals surface area contributed by atoms with E-state index in [9.17, 15) is 0 Å². The highest BCUT2D eigenvalue weighted by Crippen LogP contribution is 2.24. The Balaban J connectivity index is 1.34. The zero-order valence-electron chi connectivity index (χ0n) is 14.6. The van der Waals surface area contributed by atoms with Crippen molar-refractivity contribution in [3.8, 4) is 0 Å². The molecule has 0 spiro atoms. The van der Waals surface area contributed by atoms with Crippen LogP contribution in [0.25, 0.3) is 0 Å². The molecule has 1 heterocycles. The van der Waals surface area contributed by atoms with Gasteiger partial charge >= 0.3 is 0 Å². The van der Waals surface area contributed by atoms with Crippen LogP contribution < -0.4 is 5.32 Å². The molecule has 1 aliphatic heterocycles. The van der Waals surface area contributed by atoms with E-state index >= 15 is 0 Å². The SMILES string of the molecule is CC1CC(NC2CCc3ccccc3C2)CN1Cc1ccccc1. The highest BCUT2D eigenvalue weighted by molar-refractivity contribution is 5.30. The van der Waals surface area contributed by atoms with Gasteiger partial charge in [-0.3, -0.25) is 4.90 Å². The van der Waals surface area contributed by atoms with E-state index in [1.165, 1.54) is 37.8 Å². The van der Waals surface area contributed by atoms with E-state index in [-0.39, 0.29) is 0 Å². The van der Waals surface area contributed by atoms with Gasteiger partial charge in [-0.05, 0) is 49.3 Å². The molecule has 1 fully saturated rings. The summed E-state index contributed by atoms with van der Waals surface area (Å²) in [5.74, 6) is 0. The molecule has 126 valence electrons. The van der Waals surface area contributed by atoms with Gasteiger partial charge in [-0.25, -0.2) is 0 Å². The largest absolute Gasteiger partial charge is 0.310 e. The van der Waals surface area contributed by atoms with Crippen molar-refractivity contribution in [2.75, 3.05) is 6.54 Å². The van der Waals surface area contributed by atoms with E-state index in [1.54, 1.807) is 11.1 Å². The molecular weight excluding hydrogens is 292 g/mol. The molecule has 1 N–H and O–H groups in total. The fourth-order valence-electron chi connectivity index (χ4n) is 4.43. The van der Waals surface area contributed by atoms with Crippen molar-refractivity contribution < 1.29 is 0 Å². The molecule has 0 bridgehead atoms. The zero-order chi connectivity index (χ0) is 16.4. The average Bonchev–Trinajstić information content (AvgIpc) is 2.95. The van der Waals surface area contributed by atoms with Gasteiger partial charge < -0.3 is 5.32 Å². The summed E-state index contributed by atoms with van der Waals surface area (Å²) in [4.78, 5) is 2.63. The lowest BCUT2D eigenvalue weighted by Crippen LogP contribution is -2.42. The quantitative estimate of drug-likeness (QED) is 0.922. The second-order valence-corrected chi connectivity index (χ2v) is 7.57. The standard InChI is InChI=1S/C22H28N2/c1-17-13-22(16-24(17)15-18-7-3-2-4-8-18)23-21-12-11-19-9-5-6-10-20(19)14-21/h2-10,17,21-23H,11-16H2,1H3. The number of hydrogen-bond donors (Lipinski definition) is 1. The van der Waals surface area contributed by atoms with Crippen LogP contribution in [-0.4, -0.2) is 29.6 Å². The molecule has 3 atom stereocenters. The van der Waals surface area contributed by atoms with Crippen molar-refractivity contribution >= 4 is 0 Å². The van der Waals surface area contributed by atoms with E-state index in [4.69, 9.17) is 0 Å². The molecule has 0 radical (unpaired) electrons. The molecule has 1 saturated heterocycles. The number of rotatable bonds is 4. The maximum Gasteiger partial charge on any atom is 0.0237 e. The highest BCUT2D eigenvalue weighted by Gasteiger charge is 2.31. The molecule has 0 amide bonds. The summed E-state index contributed by atoms with van der Waals surface area (Å²) in [6.45, 7) is 4.63. The zero-order valence-corrected chi connectivity index (χ0v) is 14.6. The molecule has 2 nitrogen and oxygen atoms in total. The first kappa shape index (κ1) is 15.9. The van der Waals surface area contributed by atoms with Gasteiger partial charge in [0.05, 0.1) is 0 Å². The van der Waals surface area contributed by atoms with Gasteiger partial charge in [0.2, 0.25) is 0 Å². The number of fused-ring (bicyclic) bond motifs is 1. The smallest absolute Gasteiger partial charge is 0.0237 e. The number of nitrogens with one attached hydrogen (secondary N) is 1.